The number of amides is 1. The number of primary amides is 1. The smallest absolute Gasteiger partial charge is 0.248 e. The van der Waals surface area contributed by atoms with E-state index >= 15 is 0 Å². The lowest BCUT2D eigenvalue weighted by Crippen LogP contribution is -2.44. The number of aromatic nitrogens is 1. The highest BCUT2D eigenvalue weighted by molar-refractivity contribution is 7.89. The van der Waals surface area contributed by atoms with E-state index in [9.17, 15) is 13.2 Å². The van der Waals surface area contributed by atoms with Crippen LogP contribution in [0.4, 0.5) is 0 Å². The van der Waals surface area contributed by atoms with E-state index in [1.54, 1.807) is 13.8 Å². The molecule has 1 fully saturated rings. The standard InChI is InChI=1S/C11H17N3O4S/c1-7-10(8(2)18-13-7)19(16,17)14-5-3-4-9(6-14)11(12)15/h9H,3-6H2,1-2H3,(H2,12,15)/t9-/m0/s1. The molecule has 0 radical (unpaired) electrons. The van der Waals surface area contributed by atoms with Crippen molar-refractivity contribution < 1.29 is 17.7 Å². The normalized spacial score (nSPS) is 21.5. The van der Waals surface area contributed by atoms with Gasteiger partial charge in [-0.1, -0.05) is 5.16 Å². The molecule has 0 spiro atoms. The molecule has 106 valence electrons. The van der Waals surface area contributed by atoms with E-state index in [0.717, 1.165) is 0 Å². The summed E-state index contributed by atoms with van der Waals surface area (Å²) in [6.07, 6.45) is 1.25. The third-order valence-corrected chi connectivity index (χ3v) is 5.46. The lowest BCUT2D eigenvalue weighted by molar-refractivity contribution is -0.122. The van der Waals surface area contributed by atoms with E-state index in [0.29, 0.717) is 25.1 Å². The number of nitrogens with zero attached hydrogens (tertiary/aromatic N) is 2. The highest BCUT2D eigenvalue weighted by Gasteiger charge is 2.35. The average Bonchev–Trinajstić information content (AvgIpc) is 2.69. The lowest BCUT2D eigenvalue weighted by Gasteiger charge is -2.30. The zero-order valence-electron chi connectivity index (χ0n) is 10.9. The Bertz CT molecular complexity index is 574. The van der Waals surface area contributed by atoms with Crippen molar-refractivity contribution >= 4 is 15.9 Å². The Hall–Kier alpha value is -1.41. The largest absolute Gasteiger partial charge is 0.369 e. The Balaban J connectivity index is 2.32. The summed E-state index contributed by atoms with van der Waals surface area (Å²) in [4.78, 5) is 11.3. The van der Waals surface area contributed by atoms with Crippen molar-refractivity contribution in [2.24, 2.45) is 11.7 Å². The molecule has 19 heavy (non-hydrogen) atoms. The molecule has 1 aromatic heterocycles. The van der Waals surface area contributed by atoms with Gasteiger partial charge < -0.3 is 10.3 Å². The van der Waals surface area contributed by atoms with Crippen LogP contribution in [0.2, 0.25) is 0 Å². The molecule has 1 aromatic rings. The van der Waals surface area contributed by atoms with Crippen molar-refractivity contribution in [1.29, 1.82) is 0 Å². The molecule has 2 heterocycles. The molecule has 0 aliphatic carbocycles. The number of aryl methyl sites for hydroxylation is 2. The molecule has 0 bridgehead atoms. The Labute approximate surface area is 111 Å². The molecule has 0 aromatic carbocycles. The van der Waals surface area contributed by atoms with Gasteiger partial charge in [-0.3, -0.25) is 4.79 Å². The molecule has 1 atom stereocenters. The van der Waals surface area contributed by atoms with Crippen LogP contribution >= 0.6 is 0 Å². The van der Waals surface area contributed by atoms with E-state index in [1.807, 2.05) is 0 Å². The summed E-state index contributed by atoms with van der Waals surface area (Å²) >= 11 is 0. The van der Waals surface area contributed by atoms with Crippen LogP contribution in [0.1, 0.15) is 24.3 Å². The molecule has 0 saturated carbocycles. The highest BCUT2D eigenvalue weighted by Crippen LogP contribution is 2.27. The first-order chi connectivity index (χ1) is 8.84. The van der Waals surface area contributed by atoms with Gasteiger partial charge in [0, 0.05) is 13.1 Å². The maximum absolute atomic E-state index is 12.5. The first kappa shape index (κ1) is 14.0. The van der Waals surface area contributed by atoms with Gasteiger partial charge in [0.1, 0.15) is 10.6 Å². The maximum Gasteiger partial charge on any atom is 0.248 e. The lowest BCUT2D eigenvalue weighted by atomic mass is 9.99. The number of sulfonamides is 1. The zero-order chi connectivity index (χ0) is 14.2. The van der Waals surface area contributed by atoms with Crippen molar-refractivity contribution in [3.05, 3.63) is 11.5 Å². The van der Waals surface area contributed by atoms with Gasteiger partial charge in [0.15, 0.2) is 5.76 Å². The number of carbonyl (C=O) groups excluding carboxylic acids is 1. The third-order valence-electron chi connectivity index (χ3n) is 3.35. The summed E-state index contributed by atoms with van der Waals surface area (Å²) in [6, 6.07) is 0. The average molecular weight is 287 g/mol. The Morgan fingerprint density at radius 3 is 2.68 bits per heavy atom. The number of hydrogen-bond acceptors (Lipinski definition) is 5. The third kappa shape index (κ3) is 2.50. The second-order valence-corrected chi connectivity index (χ2v) is 6.63. The van der Waals surface area contributed by atoms with Crippen molar-refractivity contribution in [2.45, 2.75) is 31.6 Å². The molecular formula is C11H17N3O4S. The quantitative estimate of drug-likeness (QED) is 0.853. The summed E-state index contributed by atoms with van der Waals surface area (Å²) in [5.41, 5.74) is 5.59. The van der Waals surface area contributed by atoms with Crippen LogP contribution < -0.4 is 5.73 Å². The van der Waals surface area contributed by atoms with E-state index in [-0.39, 0.29) is 17.2 Å². The fourth-order valence-electron chi connectivity index (χ4n) is 2.36. The monoisotopic (exact) mass is 287 g/mol. The van der Waals surface area contributed by atoms with Gasteiger partial charge in [0.2, 0.25) is 15.9 Å². The first-order valence-corrected chi connectivity index (χ1v) is 7.50. The van der Waals surface area contributed by atoms with E-state index in [2.05, 4.69) is 5.16 Å². The van der Waals surface area contributed by atoms with Crippen LogP contribution in [-0.2, 0) is 14.8 Å². The maximum atomic E-state index is 12.5. The fourth-order valence-corrected chi connectivity index (χ4v) is 4.18. The molecule has 1 amide bonds. The minimum atomic E-state index is -3.68. The summed E-state index contributed by atoms with van der Waals surface area (Å²) in [5, 5.41) is 3.66. The number of piperidine rings is 1. The van der Waals surface area contributed by atoms with Crippen LogP contribution in [-0.4, -0.2) is 36.9 Å². The zero-order valence-corrected chi connectivity index (χ0v) is 11.7. The van der Waals surface area contributed by atoms with Crippen LogP contribution in [0, 0.1) is 19.8 Å². The molecule has 7 nitrogen and oxygen atoms in total. The van der Waals surface area contributed by atoms with Gasteiger partial charge in [0.05, 0.1) is 5.92 Å². The van der Waals surface area contributed by atoms with Crippen molar-refractivity contribution in [3.8, 4) is 0 Å². The summed E-state index contributed by atoms with van der Waals surface area (Å²) in [5.74, 6) is -0.624. The van der Waals surface area contributed by atoms with Gasteiger partial charge in [-0.2, -0.15) is 4.31 Å². The summed E-state index contributed by atoms with van der Waals surface area (Å²) in [7, 11) is -3.68. The minimum Gasteiger partial charge on any atom is -0.369 e. The second-order valence-electron chi connectivity index (χ2n) is 4.76. The molecule has 1 aliphatic rings. The Morgan fingerprint density at radius 2 is 2.16 bits per heavy atom. The molecule has 2 N–H and O–H groups in total. The molecular weight excluding hydrogens is 270 g/mol. The Morgan fingerprint density at radius 1 is 1.47 bits per heavy atom. The summed E-state index contributed by atoms with van der Waals surface area (Å²) in [6.45, 7) is 3.65. The number of nitrogens with two attached hydrogens (primary N) is 1. The highest BCUT2D eigenvalue weighted by atomic mass is 32.2. The minimum absolute atomic E-state index is 0.0950. The van der Waals surface area contributed by atoms with E-state index in [4.69, 9.17) is 10.3 Å². The van der Waals surface area contributed by atoms with Crippen LogP contribution in [0.15, 0.2) is 9.42 Å². The predicted octanol–water partition coefficient (Wildman–Crippen LogP) is 0.177. The predicted molar refractivity (Wildman–Crippen MR) is 66.7 cm³/mol. The van der Waals surface area contributed by atoms with Crippen molar-refractivity contribution in [3.63, 3.8) is 0 Å². The number of rotatable bonds is 3. The topological polar surface area (TPSA) is 106 Å². The van der Waals surface area contributed by atoms with Crippen molar-refractivity contribution in [1.82, 2.24) is 9.46 Å². The van der Waals surface area contributed by atoms with Crippen LogP contribution in [0.25, 0.3) is 0 Å². The SMILES string of the molecule is Cc1noc(C)c1S(=O)(=O)N1CCC[C@H](C(N)=O)C1. The van der Waals surface area contributed by atoms with Gasteiger partial charge in [-0.25, -0.2) is 8.42 Å². The fraction of sp³-hybridized carbons (Fsp3) is 0.636. The number of carbonyl (C=O) groups is 1. The van der Waals surface area contributed by atoms with E-state index < -0.39 is 21.8 Å². The first-order valence-electron chi connectivity index (χ1n) is 6.06. The summed E-state index contributed by atoms with van der Waals surface area (Å²) < 4.78 is 31.3. The van der Waals surface area contributed by atoms with Gasteiger partial charge in [-0.05, 0) is 26.7 Å². The van der Waals surface area contributed by atoms with Gasteiger partial charge in [-0.15, -0.1) is 0 Å². The molecule has 8 heteroatoms. The van der Waals surface area contributed by atoms with Crippen LogP contribution in [0.5, 0.6) is 0 Å². The van der Waals surface area contributed by atoms with Gasteiger partial charge in [0.25, 0.3) is 0 Å². The van der Waals surface area contributed by atoms with Crippen molar-refractivity contribution in [2.75, 3.05) is 13.1 Å². The van der Waals surface area contributed by atoms with Crippen LogP contribution in [0.3, 0.4) is 0 Å². The molecule has 1 saturated heterocycles. The second kappa shape index (κ2) is 4.93. The molecule has 1 aliphatic heterocycles. The number of hydrogen-bond donors (Lipinski definition) is 1. The Kier molecular flexibility index (Phi) is 3.64. The van der Waals surface area contributed by atoms with E-state index in [1.165, 1.54) is 4.31 Å². The van der Waals surface area contributed by atoms with Gasteiger partial charge >= 0.3 is 0 Å². The molecule has 0 unspecified atom stereocenters. The molecule has 2 rings (SSSR count).